The van der Waals surface area contributed by atoms with Crippen LogP contribution in [0.3, 0.4) is 0 Å². The van der Waals surface area contributed by atoms with Gasteiger partial charge in [0.2, 0.25) is 0 Å². The molecule has 3 aromatic carbocycles. The van der Waals surface area contributed by atoms with Gasteiger partial charge >= 0.3 is 0 Å². The van der Waals surface area contributed by atoms with Gasteiger partial charge in [0.25, 0.3) is 0 Å². The van der Waals surface area contributed by atoms with E-state index in [1.165, 1.54) is 27.6 Å². The van der Waals surface area contributed by atoms with Gasteiger partial charge in [-0.25, -0.2) is 0 Å². The van der Waals surface area contributed by atoms with E-state index in [0.717, 1.165) is 11.8 Å². The second kappa shape index (κ2) is 4.99. The first-order valence-electron chi connectivity index (χ1n) is 8.08. The quantitative estimate of drug-likeness (QED) is 0.615. The number of aromatic hydroxyl groups is 1. The number of hydrogen-bond acceptors (Lipinski definition) is 1. The maximum absolute atomic E-state index is 9.81. The number of fused-ring (bicyclic) bond motifs is 2. The van der Waals surface area contributed by atoms with E-state index < -0.39 is 0 Å². The zero-order chi connectivity index (χ0) is 16.0. The molecule has 0 heterocycles. The fourth-order valence-corrected chi connectivity index (χ4v) is 3.54. The number of rotatable bonds is 1. The van der Waals surface area contributed by atoms with E-state index in [9.17, 15) is 5.11 Å². The van der Waals surface area contributed by atoms with Crippen molar-refractivity contribution >= 4 is 16.3 Å². The second-order valence-electron chi connectivity index (χ2n) is 7.00. The van der Waals surface area contributed by atoms with Gasteiger partial charge in [-0.2, -0.15) is 0 Å². The molecule has 0 saturated carbocycles. The molecule has 0 aromatic heterocycles. The fourth-order valence-electron chi connectivity index (χ4n) is 3.54. The second-order valence-corrected chi connectivity index (χ2v) is 7.00. The molecule has 1 heteroatoms. The first-order chi connectivity index (χ1) is 11.0. The lowest BCUT2D eigenvalue weighted by Gasteiger charge is -2.32. The average Bonchev–Trinajstić information content (AvgIpc) is 2.54. The van der Waals surface area contributed by atoms with Gasteiger partial charge < -0.3 is 5.11 Å². The molecule has 1 N–H and O–H groups in total. The summed E-state index contributed by atoms with van der Waals surface area (Å²) in [6, 6.07) is 20.7. The van der Waals surface area contributed by atoms with Crippen LogP contribution in [0.4, 0.5) is 0 Å². The lowest BCUT2D eigenvalue weighted by molar-refractivity contribution is 0.476. The van der Waals surface area contributed by atoms with Crippen molar-refractivity contribution in [3.63, 3.8) is 0 Å². The molecule has 0 radical (unpaired) electrons. The van der Waals surface area contributed by atoms with Crippen LogP contribution < -0.4 is 0 Å². The van der Waals surface area contributed by atoms with Gasteiger partial charge in [0.15, 0.2) is 0 Å². The van der Waals surface area contributed by atoms with E-state index in [1.54, 1.807) is 6.07 Å². The van der Waals surface area contributed by atoms with Crippen LogP contribution >= 0.6 is 0 Å². The van der Waals surface area contributed by atoms with Crippen LogP contribution in [0.5, 0.6) is 5.75 Å². The Morgan fingerprint density at radius 2 is 1.65 bits per heavy atom. The molecule has 0 amide bonds. The zero-order valence-corrected chi connectivity index (χ0v) is 13.5. The third-order valence-corrected chi connectivity index (χ3v) is 4.88. The van der Waals surface area contributed by atoms with Crippen LogP contribution in [0.15, 0.2) is 66.7 Å². The Bertz CT molecular complexity index is 917. The summed E-state index contributed by atoms with van der Waals surface area (Å²) < 4.78 is 0. The van der Waals surface area contributed by atoms with E-state index in [4.69, 9.17) is 0 Å². The van der Waals surface area contributed by atoms with E-state index >= 15 is 0 Å². The number of benzene rings is 3. The molecule has 1 aliphatic carbocycles. The summed E-state index contributed by atoms with van der Waals surface area (Å²) in [5.74, 6) is 0.317. The molecule has 0 unspecified atom stereocenters. The molecule has 4 rings (SSSR count). The summed E-state index contributed by atoms with van der Waals surface area (Å²) in [4.78, 5) is 0. The maximum Gasteiger partial charge on any atom is 0.116 e. The van der Waals surface area contributed by atoms with Gasteiger partial charge in [0.05, 0.1) is 0 Å². The molecule has 3 aromatic rings. The molecule has 114 valence electrons. The van der Waals surface area contributed by atoms with Crippen LogP contribution in [0.25, 0.3) is 16.3 Å². The maximum atomic E-state index is 9.81. The van der Waals surface area contributed by atoms with Gasteiger partial charge in [0, 0.05) is 0 Å². The number of allylic oxidation sites excluding steroid dienone is 1. The molecule has 0 atom stereocenters. The third-order valence-electron chi connectivity index (χ3n) is 4.88. The summed E-state index contributed by atoms with van der Waals surface area (Å²) in [7, 11) is 0. The molecular formula is C22H20O. The molecule has 1 aliphatic rings. The first-order valence-corrected chi connectivity index (χ1v) is 8.08. The largest absolute Gasteiger partial charge is 0.508 e. The van der Waals surface area contributed by atoms with Crippen LogP contribution in [-0.2, 0) is 5.41 Å². The van der Waals surface area contributed by atoms with Crippen molar-refractivity contribution in [2.24, 2.45) is 0 Å². The molecule has 0 bridgehead atoms. The van der Waals surface area contributed by atoms with Crippen molar-refractivity contribution in [3.8, 4) is 5.75 Å². The normalized spacial score (nSPS) is 16.0. The predicted octanol–water partition coefficient (Wildman–Crippen LogP) is 5.66. The Hall–Kier alpha value is -2.54. The van der Waals surface area contributed by atoms with Crippen LogP contribution in [0, 0.1) is 0 Å². The number of hydrogen-bond donors (Lipinski definition) is 1. The highest BCUT2D eigenvalue weighted by Crippen LogP contribution is 2.43. The SMILES string of the molecule is CC1(C)CC=C(c2ccccc2)c2cc3cc(O)ccc3cc21. The average molecular weight is 300 g/mol. The fraction of sp³-hybridized carbons (Fsp3) is 0.182. The highest BCUT2D eigenvalue weighted by Gasteiger charge is 2.28. The molecule has 0 saturated heterocycles. The van der Waals surface area contributed by atoms with E-state index in [-0.39, 0.29) is 5.41 Å². The summed E-state index contributed by atoms with van der Waals surface area (Å²) in [5.41, 5.74) is 5.34. The standard InChI is InChI=1S/C22H20O/c1-22(2)11-10-19(15-6-4-3-5-7-15)20-13-17-12-18(23)9-8-16(17)14-21(20)22/h3-10,12-14,23H,11H2,1-2H3. The topological polar surface area (TPSA) is 20.2 Å². The lowest BCUT2D eigenvalue weighted by atomic mass is 9.71. The minimum atomic E-state index is 0.125. The third kappa shape index (κ3) is 2.33. The van der Waals surface area contributed by atoms with Crippen molar-refractivity contribution < 1.29 is 5.11 Å². The monoisotopic (exact) mass is 300 g/mol. The molecule has 23 heavy (non-hydrogen) atoms. The van der Waals surface area contributed by atoms with Gasteiger partial charge in [-0.3, -0.25) is 0 Å². The minimum Gasteiger partial charge on any atom is -0.508 e. The van der Waals surface area contributed by atoms with E-state index in [1.807, 2.05) is 12.1 Å². The summed E-state index contributed by atoms with van der Waals surface area (Å²) in [6.07, 6.45) is 3.39. The molecular weight excluding hydrogens is 280 g/mol. The van der Waals surface area contributed by atoms with Gasteiger partial charge in [-0.05, 0) is 69.1 Å². The predicted molar refractivity (Wildman–Crippen MR) is 96.8 cm³/mol. The van der Waals surface area contributed by atoms with Crippen molar-refractivity contribution in [2.75, 3.05) is 0 Å². The van der Waals surface area contributed by atoms with Crippen molar-refractivity contribution in [3.05, 3.63) is 83.4 Å². The van der Waals surface area contributed by atoms with E-state index in [2.05, 4.69) is 62.4 Å². The molecule has 0 fully saturated rings. The Morgan fingerprint density at radius 1 is 0.870 bits per heavy atom. The molecule has 0 spiro atoms. The summed E-state index contributed by atoms with van der Waals surface area (Å²) in [5, 5.41) is 12.1. The Morgan fingerprint density at radius 3 is 2.43 bits per heavy atom. The van der Waals surface area contributed by atoms with E-state index in [0.29, 0.717) is 5.75 Å². The van der Waals surface area contributed by atoms with Crippen LogP contribution in [-0.4, -0.2) is 5.11 Å². The smallest absolute Gasteiger partial charge is 0.116 e. The van der Waals surface area contributed by atoms with Crippen LogP contribution in [0.1, 0.15) is 37.0 Å². The molecule has 0 aliphatic heterocycles. The van der Waals surface area contributed by atoms with Gasteiger partial charge in [-0.15, -0.1) is 0 Å². The van der Waals surface area contributed by atoms with Crippen molar-refractivity contribution in [1.82, 2.24) is 0 Å². The molecule has 1 nitrogen and oxygen atoms in total. The van der Waals surface area contributed by atoms with Crippen molar-refractivity contribution in [2.45, 2.75) is 25.7 Å². The highest BCUT2D eigenvalue weighted by molar-refractivity contribution is 5.93. The number of phenols is 1. The van der Waals surface area contributed by atoms with Gasteiger partial charge in [0.1, 0.15) is 5.75 Å². The Kier molecular flexibility index (Phi) is 3.05. The Balaban J connectivity index is 2.00. The first kappa shape index (κ1) is 14.1. The Labute approximate surface area is 136 Å². The van der Waals surface area contributed by atoms with Crippen molar-refractivity contribution in [1.29, 1.82) is 0 Å². The van der Waals surface area contributed by atoms with Crippen LogP contribution in [0.2, 0.25) is 0 Å². The highest BCUT2D eigenvalue weighted by atomic mass is 16.3. The number of phenolic OH excluding ortho intramolecular Hbond substituents is 1. The summed E-state index contributed by atoms with van der Waals surface area (Å²) in [6.45, 7) is 4.60. The minimum absolute atomic E-state index is 0.125. The zero-order valence-electron chi connectivity index (χ0n) is 13.5. The lowest BCUT2D eigenvalue weighted by Crippen LogP contribution is -2.21. The van der Waals surface area contributed by atoms with Gasteiger partial charge in [-0.1, -0.05) is 56.3 Å². The summed E-state index contributed by atoms with van der Waals surface area (Å²) >= 11 is 0.